The van der Waals surface area contributed by atoms with Crippen LogP contribution in [-0.4, -0.2) is 7.11 Å². The molecule has 1 aromatic heterocycles. The Bertz CT molecular complexity index is 550. The van der Waals surface area contributed by atoms with Gasteiger partial charge in [-0.1, -0.05) is 6.07 Å². The van der Waals surface area contributed by atoms with Crippen LogP contribution in [0.3, 0.4) is 0 Å². The highest BCUT2D eigenvalue weighted by molar-refractivity contribution is 5.45. The number of rotatable bonds is 6. The summed E-state index contributed by atoms with van der Waals surface area (Å²) in [4.78, 5) is 0. The van der Waals surface area contributed by atoms with Gasteiger partial charge in [0.15, 0.2) is 0 Å². The van der Waals surface area contributed by atoms with Crippen LogP contribution in [0.25, 0.3) is 0 Å². The molecule has 2 aromatic rings. The van der Waals surface area contributed by atoms with Crippen molar-refractivity contribution in [2.45, 2.75) is 32.7 Å². The lowest BCUT2D eigenvalue weighted by atomic mass is 9.95. The van der Waals surface area contributed by atoms with Gasteiger partial charge in [-0.15, -0.1) is 0 Å². The van der Waals surface area contributed by atoms with Crippen LogP contribution in [0.2, 0.25) is 0 Å². The molecule has 108 valence electrons. The van der Waals surface area contributed by atoms with Gasteiger partial charge >= 0.3 is 0 Å². The summed E-state index contributed by atoms with van der Waals surface area (Å²) >= 11 is 0. The zero-order valence-electron chi connectivity index (χ0n) is 12.3. The Labute approximate surface area is 119 Å². The third kappa shape index (κ3) is 3.21. The van der Waals surface area contributed by atoms with Crippen molar-refractivity contribution in [3.63, 3.8) is 0 Å². The molecule has 3 N–H and O–H groups in total. The zero-order chi connectivity index (χ0) is 14.5. The van der Waals surface area contributed by atoms with E-state index in [1.165, 1.54) is 11.1 Å². The molecule has 1 atom stereocenters. The van der Waals surface area contributed by atoms with E-state index in [0.717, 1.165) is 29.9 Å². The first-order valence-electron chi connectivity index (χ1n) is 6.79. The van der Waals surface area contributed by atoms with Crippen LogP contribution < -0.4 is 16.0 Å². The van der Waals surface area contributed by atoms with Crippen LogP contribution in [0.5, 0.6) is 5.75 Å². The number of furan rings is 1. The smallest absolute Gasteiger partial charge is 0.124 e. The van der Waals surface area contributed by atoms with Crippen LogP contribution >= 0.6 is 0 Å². The molecule has 0 aliphatic heterocycles. The highest BCUT2D eigenvalue weighted by Crippen LogP contribution is 2.32. The first-order valence-corrected chi connectivity index (χ1v) is 6.79. The molecule has 0 spiro atoms. The third-order valence-electron chi connectivity index (χ3n) is 3.52. The summed E-state index contributed by atoms with van der Waals surface area (Å²) in [5, 5.41) is 0. The van der Waals surface area contributed by atoms with Crippen molar-refractivity contribution < 1.29 is 9.15 Å². The van der Waals surface area contributed by atoms with E-state index >= 15 is 0 Å². The topological polar surface area (TPSA) is 60.4 Å². The number of nitrogens with two attached hydrogens (primary N) is 1. The number of aryl methyl sites for hydroxylation is 3. The maximum Gasteiger partial charge on any atom is 0.124 e. The fourth-order valence-corrected chi connectivity index (χ4v) is 2.61. The lowest BCUT2D eigenvalue weighted by Crippen LogP contribution is -2.29. The second-order valence-corrected chi connectivity index (χ2v) is 5.04. The number of methoxy groups -OCH3 is 1. The Morgan fingerprint density at radius 1 is 1.35 bits per heavy atom. The van der Waals surface area contributed by atoms with Gasteiger partial charge in [0.05, 0.1) is 19.4 Å². The van der Waals surface area contributed by atoms with Gasteiger partial charge in [0.25, 0.3) is 0 Å². The van der Waals surface area contributed by atoms with Crippen molar-refractivity contribution in [1.82, 2.24) is 5.43 Å². The van der Waals surface area contributed by atoms with Crippen molar-refractivity contribution in [2.75, 3.05) is 7.11 Å². The van der Waals surface area contributed by atoms with Crippen LogP contribution in [0.4, 0.5) is 0 Å². The van der Waals surface area contributed by atoms with E-state index < -0.39 is 0 Å². The fraction of sp³-hybridized carbons (Fsp3) is 0.375. The van der Waals surface area contributed by atoms with Crippen molar-refractivity contribution >= 4 is 0 Å². The first kappa shape index (κ1) is 14.6. The van der Waals surface area contributed by atoms with Gasteiger partial charge in [-0.05, 0) is 49.6 Å². The second-order valence-electron chi connectivity index (χ2n) is 5.04. The summed E-state index contributed by atoms with van der Waals surface area (Å²) in [5.74, 6) is 7.58. The van der Waals surface area contributed by atoms with E-state index in [-0.39, 0.29) is 6.04 Å². The lowest BCUT2D eigenvalue weighted by molar-refractivity contribution is 0.391. The van der Waals surface area contributed by atoms with Crippen LogP contribution in [0.15, 0.2) is 34.9 Å². The van der Waals surface area contributed by atoms with Crippen molar-refractivity contribution in [3.8, 4) is 5.75 Å². The summed E-state index contributed by atoms with van der Waals surface area (Å²) < 4.78 is 10.9. The van der Waals surface area contributed by atoms with E-state index in [1.807, 2.05) is 18.2 Å². The molecule has 4 heteroatoms. The Morgan fingerprint density at radius 2 is 2.15 bits per heavy atom. The van der Waals surface area contributed by atoms with Crippen LogP contribution in [0, 0.1) is 13.8 Å². The standard InChI is InChI=1S/C16H22N2O2/c1-11-9-12(2)16(15(10-11)19-3)14(18-17)7-6-13-5-4-8-20-13/h4-5,8-10,14,18H,6-7,17H2,1-3H3. The molecular formula is C16H22N2O2. The molecule has 4 nitrogen and oxygen atoms in total. The van der Waals surface area contributed by atoms with Crippen LogP contribution in [-0.2, 0) is 6.42 Å². The lowest BCUT2D eigenvalue weighted by Gasteiger charge is -2.21. The molecule has 0 aliphatic carbocycles. The summed E-state index contributed by atoms with van der Waals surface area (Å²) in [6, 6.07) is 8.11. The minimum absolute atomic E-state index is 0.0376. The molecule has 0 saturated carbocycles. The van der Waals surface area contributed by atoms with Crippen molar-refractivity contribution in [1.29, 1.82) is 0 Å². The highest BCUT2D eigenvalue weighted by Gasteiger charge is 2.18. The molecule has 0 amide bonds. The number of hydrogen-bond acceptors (Lipinski definition) is 4. The maximum atomic E-state index is 5.74. The summed E-state index contributed by atoms with van der Waals surface area (Å²) in [7, 11) is 1.69. The van der Waals surface area contributed by atoms with Crippen LogP contribution in [0.1, 0.15) is 34.9 Å². The predicted octanol–water partition coefficient (Wildman–Crippen LogP) is 3.04. The van der Waals surface area contributed by atoms with Gasteiger partial charge in [-0.3, -0.25) is 11.3 Å². The van der Waals surface area contributed by atoms with E-state index in [4.69, 9.17) is 15.0 Å². The molecule has 20 heavy (non-hydrogen) atoms. The Morgan fingerprint density at radius 3 is 2.75 bits per heavy atom. The van der Waals surface area contributed by atoms with E-state index in [1.54, 1.807) is 13.4 Å². The van der Waals surface area contributed by atoms with Gasteiger partial charge in [-0.2, -0.15) is 0 Å². The minimum atomic E-state index is 0.0376. The SMILES string of the molecule is COc1cc(C)cc(C)c1C(CCc1ccco1)NN. The molecule has 0 fully saturated rings. The Hall–Kier alpha value is -1.78. The van der Waals surface area contributed by atoms with Crippen molar-refractivity contribution in [2.24, 2.45) is 5.84 Å². The average molecular weight is 274 g/mol. The Kier molecular flexibility index (Phi) is 4.82. The molecule has 2 rings (SSSR count). The van der Waals surface area contributed by atoms with Gasteiger partial charge in [0, 0.05) is 12.0 Å². The molecule has 0 bridgehead atoms. The van der Waals surface area contributed by atoms with Gasteiger partial charge < -0.3 is 9.15 Å². The van der Waals surface area contributed by atoms with E-state index in [0.29, 0.717) is 0 Å². The fourth-order valence-electron chi connectivity index (χ4n) is 2.61. The monoisotopic (exact) mass is 274 g/mol. The molecule has 0 saturated heterocycles. The molecule has 1 unspecified atom stereocenters. The van der Waals surface area contributed by atoms with E-state index in [9.17, 15) is 0 Å². The molecular weight excluding hydrogens is 252 g/mol. The molecule has 0 radical (unpaired) electrons. The summed E-state index contributed by atoms with van der Waals surface area (Å²) in [6.07, 6.45) is 3.38. The third-order valence-corrected chi connectivity index (χ3v) is 3.52. The average Bonchev–Trinajstić information content (AvgIpc) is 2.93. The maximum absolute atomic E-state index is 5.74. The summed E-state index contributed by atoms with van der Waals surface area (Å²) in [5.41, 5.74) is 6.38. The molecule has 1 heterocycles. The van der Waals surface area contributed by atoms with Crippen molar-refractivity contribution in [3.05, 3.63) is 53.0 Å². The first-order chi connectivity index (χ1) is 9.65. The second kappa shape index (κ2) is 6.59. The molecule has 0 aliphatic rings. The normalized spacial score (nSPS) is 12.4. The molecule has 1 aromatic carbocycles. The van der Waals surface area contributed by atoms with Gasteiger partial charge in [0.1, 0.15) is 11.5 Å². The summed E-state index contributed by atoms with van der Waals surface area (Å²) in [6.45, 7) is 4.15. The van der Waals surface area contributed by atoms with Gasteiger partial charge in [-0.25, -0.2) is 0 Å². The minimum Gasteiger partial charge on any atom is -0.496 e. The quantitative estimate of drug-likeness (QED) is 0.628. The van der Waals surface area contributed by atoms with Gasteiger partial charge in [0.2, 0.25) is 0 Å². The number of benzene rings is 1. The largest absolute Gasteiger partial charge is 0.496 e. The number of nitrogens with one attached hydrogen (secondary N) is 1. The predicted molar refractivity (Wildman–Crippen MR) is 79.6 cm³/mol. The number of hydrogen-bond donors (Lipinski definition) is 2. The zero-order valence-corrected chi connectivity index (χ0v) is 12.3. The highest BCUT2D eigenvalue weighted by atomic mass is 16.5. The number of hydrazine groups is 1. The van der Waals surface area contributed by atoms with E-state index in [2.05, 4.69) is 25.3 Å². The number of ether oxygens (including phenoxy) is 1. The Balaban J connectivity index is 2.22.